The summed E-state index contributed by atoms with van der Waals surface area (Å²) in [6, 6.07) is 18.1. The fourth-order valence-corrected chi connectivity index (χ4v) is 3.24. The van der Waals surface area contributed by atoms with Crippen molar-refractivity contribution >= 4 is 29.5 Å². The van der Waals surface area contributed by atoms with Crippen molar-refractivity contribution in [3.05, 3.63) is 77.4 Å². The number of hydrogen-bond donors (Lipinski definition) is 1. The lowest BCUT2D eigenvalue weighted by Gasteiger charge is -2.00. The van der Waals surface area contributed by atoms with Crippen LogP contribution in [-0.2, 0) is 17.4 Å². The summed E-state index contributed by atoms with van der Waals surface area (Å²) in [7, 11) is -1.16. The van der Waals surface area contributed by atoms with E-state index in [1.807, 2.05) is 36.4 Å². The monoisotopic (exact) mass is 352 g/mol. The van der Waals surface area contributed by atoms with Gasteiger partial charge in [0.05, 0.1) is 0 Å². The highest BCUT2D eigenvalue weighted by Crippen LogP contribution is 2.08. The first-order valence-corrected chi connectivity index (χ1v) is 9.80. The molecule has 0 saturated carbocycles. The van der Waals surface area contributed by atoms with Crippen LogP contribution in [0.25, 0.3) is 6.08 Å². The zero-order valence-corrected chi connectivity index (χ0v) is 15.1. The molecule has 0 spiro atoms. The van der Waals surface area contributed by atoms with Gasteiger partial charge < -0.3 is 5.41 Å². The Balaban J connectivity index is 1.65. The Labute approximate surface area is 152 Å². The number of aryl methyl sites for hydroxylation is 1. The van der Waals surface area contributed by atoms with Crippen LogP contribution in [0, 0.1) is 5.41 Å². The first-order chi connectivity index (χ1) is 12.3. The molecule has 0 radical (unpaired) electrons. The number of nitrogens with one attached hydrogen (secondary N) is 1. The summed E-state index contributed by atoms with van der Waals surface area (Å²) in [5.74, 6) is 0.607. The van der Waals surface area contributed by atoms with Crippen molar-refractivity contribution in [2.45, 2.75) is 25.7 Å². The number of benzene rings is 2. The second kappa shape index (κ2) is 11.3. The van der Waals surface area contributed by atoms with Crippen molar-refractivity contribution in [3.8, 4) is 0 Å². The van der Waals surface area contributed by atoms with Gasteiger partial charge in [0.15, 0.2) is 0 Å². The van der Waals surface area contributed by atoms with E-state index in [0.29, 0.717) is 5.75 Å². The van der Waals surface area contributed by atoms with Crippen LogP contribution in [0.5, 0.6) is 0 Å². The van der Waals surface area contributed by atoms with Gasteiger partial charge in [0.1, 0.15) is 11.0 Å². The van der Waals surface area contributed by atoms with E-state index in [9.17, 15) is 4.21 Å². The fourth-order valence-electron chi connectivity index (χ4n) is 2.47. The van der Waals surface area contributed by atoms with Crippen molar-refractivity contribution < 1.29 is 4.21 Å². The maximum atomic E-state index is 11.9. The van der Waals surface area contributed by atoms with Crippen LogP contribution in [0.3, 0.4) is 0 Å². The average Bonchev–Trinajstić information content (AvgIpc) is 2.66. The number of unbranched alkanes of at least 4 members (excludes halogenated alkanes) is 2. The van der Waals surface area contributed by atoms with Crippen LogP contribution in [0.1, 0.15) is 36.0 Å². The minimum Gasteiger partial charge on any atom is -0.308 e. The average molecular weight is 353 g/mol. The summed E-state index contributed by atoms with van der Waals surface area (Å²) in [5.41, 5.74) is 3.17. The van der Waals surface area contributed by atoms with Gasteiger partial charge in [-0.2, -0.15) is 4.40 Å². The smallest absolute Gasteiger partial charge is 0.139 e. The number of hydrogen-bond acceptors (Lipinski definition) is 2. The van der Waals surface area contributed by atoms with Crippen molar-refractivity contribution in [1.82, 2.24) is 0 Å². The number of rotatable bonds is 10. The zero-order chi connectivity index (χ0) is 17.7. The lowest BCUT2D eigenvalue weighted by Crippen LogP contribution is -1.95. The molecule has 0 fully saturated rings. The first kappa shape index (κ1) is 19.0. The van der Waals surface area contributed by atoms with Crippen LogP contribution < -0.4 is 0 Å². The summed E-state index contributed by atoms with van der Waals surface area (Å²) in [5, 5.41) is 7.36. The van der Waals surface area contributed by atoms with Crippen molar-refractivity contribution in [2.24, 2.45) is 4.40 Å². The molecule has 0 aliphatic rings. The van der Waals surface area contributed by atoms with E-state index in [2.05, 4.69) is 28.7 Å². The van der Waals surface area contributed by atoms with Crippen LogP contribution in [0.4, 0.5) is 0 Å². The predicted molar refractivity (Wildman–Crippen MR) is 109 cm³/mol. The summed E-state index contributed by atoms with van der Waals surface area (Å²) in [6.07, 6.45) is 10.7. The molecule has 1 unspecified atom stereocenters. The Hall–Kier alpha value is -2.33. The largest absolute Gasteiger partial charge is 0.308 e. The van der Waals surface area contributed by atoms with Gasteiger partial charge in [0.25, 0.3) is 0 Å². The van der Waals surface area contributed by atoms with Gasteiger partial charge in [0.2, 0.25) is 0 Å². The quantitative estimate of drug-likeness (QED) is 0.482. The van der Waals surface area contributed by atoms with Gasteiger partial charge in [-0.3, -0.25) is 0 Å². The number of allylic oxidation sites excluding steroid dienone is 1. The molecular formula is C21H24N2OS. The Bertz CT molecular complexity index is 739. The lowest BCUT2D eigenvalue weighted by molar-refractivity contribution is 0.673. The van der Waals surface area contributed by atoms with Crippen LogP contribution in [-0.4, -0.2) is 22.4 Å². The Morgan fingerprint density at radius 2 is 1.64 bits per heavy atom. The normalized spacial score (nSPS) is 12.6. The van der Waals surface area contributed by atoms with E-state index in [-0.39, 0.29) is 0 Å². The molecule has 2 aromatic rings. The van der Waals surface area contributed by atoms with E-state index < -0.39 is 11.0 Å². The second-order valence-electron chi connectivity index (χ2n) is 5.71. The van der Waals surface area contributed by atoms with Crippen molar-refractivity contribution in [1.29, 1.82) is 5.41 Å². The Kier molecular flexibility index (Phi) is 8.56. The lowest BCUT2D eigenvalue weighted by atomic mass is 10.1. The predicted octanol–water partition coefficient (Wildman–Crippen LogP) is 4.84. The molecule has 2 rings (SSSR count). The van der Waals surface area contributed by atoms with Crippen LogP contribution in [0.15, 0.2) is 65.1 Å². The van der Waals surface area contributed by atoms with E-state index in [4.69, 9.17) is 5.41 Å². The maximum Gasteiger partial charge on any atom is 0.139 e. The highest BCUT2D eigenvalue weighted by molar-refractivity contribution is 7.83. The van der Waals surface area contributed by atoms with E-state index in [1.54, 1.807) is 12.3 Å². The van der Waals surface area contributed by atoms with Crippen molar-refractivity contribution in [3.63, 3.8) is 0 Å². The highest BCUT2D eigenvalue weighted by atomic mass is 32.2. The summed E-state index contributed by atoms with van der Waals surface area (Å²) >= 11 is 0. The molecule has 0 aliphatic heterocycles. The highest BCUT2D eigenvalue weighted by Gasteiger charge is 1.97. The molecule has 0 saturated heterocycles. The standard InChI is InChI=1S/C21H24N2OS/c22-18-21-14-7-6-13-20(21)15-9-16-23-25(24)17-8-2-5-12-19-10-3-1-4-11-19/h1,3-4,6-7,9-11,13-16,18,22H,2,5,8,12,17H2/b15-9+,22-18?,23-16?. The molecule has 4 heteroatoms. The minimum absolute atomic E-state index is 0.607. The van der Waals surface area contributed by atoms with Gasteiger partial charge >= 0.3 is 0 Å². The minimum atomic E-state index is -1.16. The third kappa shape index (κ3) is 7.40. The van der Waals surface area contributed by atoms with E-state index in [0.717, 1.165) is 36.8 Å². The van der Waals surface area contributed by atoms with Crippen LogP contribution >= 0.6 is 0 Å². The molecule has 0 bridgehead atoms. The summed E-state index contributed by atoms with van der Waals surface area (Å²) < 4.78 is 15.9. The molecule has 130 valence electrons. The molecular weight excluding hydrogens is 328 g/mol. The molecule has 0 aromatic heterocycles. The van der Waals surface area contributed by atoms with E-state index >= 15 is 0 Å². The number of nitrogens with zero attached hydrogens (tertiary/aromatic N) is 1. The first-order valence-electron chi connectivity index (χ1n) is 8.52. The second-order valence-corrected chi connectivity index (χ2v) is 6.97. The third-order valence-corrected chi connectivity index (χ3v) is 4.81. The molecule has 0 aliphatic carbocycles. The van der Waals surface area contributed by atoms with Gasteiger partial charge in [-0.05, 0) is 42.0 Å². The van der Waals surface area contributed by atoms with Gasteiger partial charge in [0, 0.05) is 18.2 Å². The molecule has 2 aromatic carbocycles. The Morgan fingerprint density at radius 1 is 0.920 bits per heavy atom. The van der Waals surface area contributed by atoms with E-state index in [1.165, 1.54) is 11.8 Å². The third-order valence-electron chi connectivity index (χ3n) is 3.82. The summed E-state index contributed by atoms with van der Waals surface area (Å²) in [4.78, 5) is 0. The molecule has 0 heterocycles. The van der Waals surface area contributed by atoms with Crippen molar-refractivity contribution in [2.75, 3.05) is 5.75 Å². The molecule has 3 nitrogen and oxygen atoms in total. The van der Waals surface area contributed by atoms with Gasteiger partial charge in [-0.25, -0.2) is 4.21 Å². The van der Waals surface area contributed by atoms with Gasteiger partial charge in [-0.15, -0.1) is 0 Å². The molecule has 25 heavy (non-hydrogen) atoms. The zero-order valence-electron chi connectivity index (χ0n) is 14.3. The SMILES string of the molecule is N=Cc1ccccc1/C=C/C=NS(=O)CCCCCc1ccccc1. The topological polar surface area (TPSA) is 53.3 Å². The molecule has 1 atom stereocenters. The maximum absolute atomic E-state index is 11.9. The Morgan fingerprint density at radius 3 is 2.40 bits per heavy atom. The van der Waals surface area contributed by atoms with Crippen LogP contribution in [0.2, 0.25) is 0 Å². The fraction of sp³-hybridized carbons (Fsp3) is 0.238. The van der Waals surface area contributed by atoms with Gasteiger partial charge in [-0.1, -0.05) is 67.1 Å². The summed E-state index contributed by atoms with van der Waals surface area (Å²) in [6.45, 7) is 0. The molecule has 1 N–H and O–H groups in total. The molecule has 0 amide bonds.